The van der Waals surface area contributed by atoms with Crippen LogP contribution in [0.25, 0.3) is 10.2 Å². The van der Waals surface area contributed by atoms with Crippen LogP contribution in [-0.4, -0.2) is 36.7 Å². The van der Waals surface area contributed by atoms with Crippen molar-refractivity contribution in [2.24, 2.45) is 4.99 Å². The quantitative estimate of drug-likeness (QED) is 0.445. The SMILES string of the molecule is CSCCn1c(=NC(=O)CCCS(=O)(=O)c2ccc(F)cc2)sc2c(C)cc(C)cc21. The second kappa shape index (κ2) is 10.1. The molecule has 0 atom stereocenters. The summed E-state index contributed by atoms with van der Waals surface area (Å²) in [5.41, 5.74) is 3.38. The minimum atomic E-state index is -3.56. The van der Waals surface area contributed by atoms with E-state index < -0.39 is 15.7 Å². The number of thiazole rings is 1. The van der Waals surface area contributed by atoms with E-state index in [4.69, 9.17) is 0 Å². The first-order chi connectivity index (χ1) is 14.7. The molecule has 31 heavy (non-hydrogen) atoms. The summed E-state index contributed by atoms with van der Waals surface area (Å²) in [7, 11) is -3.56. The fourth-order valence-corrected chi connectivity index (χ4v) is 6.13. The molecule has 9 heteroatoms. The monoisotopic (exact) mass is 480 g/mol. The predicted octanol–water partition coefficient (Wildman–Crippen LogP) is 4.50. The fraction of sp³-hybridized carbons (Fsp3) is 0.364. The van der Waals surface area contributed by atoms with E-state index in [9.17, 15) is 17.6 Å². The number of benzene rings is 2. The van der Waals surface area contributed by atoms with Crippen LogP contribution in [0.1, 0.15) is 24.0 Å². The van der Waals surface area contributed by atoms with E-state index in [-0.39, 0.29) is 29.4 Å². The Balaban J connectivity index is 1.78. The van der Waals surface area contributed by atoms with Crippen LogP contribution in [-0.2, 0) is 21.2 Å². The highest BCUT2D eigenvalue weighted by molar-refractivity contribution is 7.98. The van der Waals surface area contributed by atoms with Crippen LogP contribution in [0.15, 0.2) is 46.3 Å². The van der Waals surface area contributed by atoms with Crippen molar-refractivity contribution in [3.05, 3.63) is 58.1 Å². The fourth-order valence-electron chi connectivity index (χ4n) is 3.33. The van der Waals surface area contributed by atoms with Crippen LogP contribution >= 0.6 is 23.1 Å². The smallest absolute Gasteiger partial charge is 0.248 e. The van der Waals surface area contributed by atoms with Gasteiger partial charge in [0.2, 0.25) is 5.91 Å². The zero-order valence-corrected chi connectivity index (χ0v) is 20.2. The molecule has 3 aromatic rings. The topological polar surface area (TPSA) is 68.5 Å². The van der Waals surface area contributed by atoms with Crippen molar-refractivity contribution in [3.63, 3.8) is 0 Å². The molecule has 1 heterocycles. The second-order valence-electron chi connectivity index (χ2n) is 7.34. The van der Waals surface area contributed by atoms with Crippen molar-refractivity contribution in [3.8, 4) is 0 Å². The van der Waals surface area contributed by atoms with Crippen molar-refractivity contribution in [2.75, 3.05) is 17.8 Å². The number of fused-ring (bicyclic) bond motifs is 1. The maximum absolute atomic E-state index is 13.0. The third kappa shape index (κ3) is 5.84. The molecule has 166 valence electrons. The number of rotatable bonds is 8. The normalized spacial score (nSPS) is 12.6. The Morgan fingerprint density at radius 2 is 1.90 bits per heavy atom. The Morgan fingerprint density at radius 1 is 1.19 bits per heavy atom. The summed E-state index contributed by atoms with van der Waals surface area (Å²) in [5, 5.41) is 0. The molecule has 1 aromatic heterocycles. The van der Waals surface area contributed by atoms with E-state index in [0.29, 0.717) is 4.80 Å². The van der Waals surface area contributed by atoms with E-state index in [0.717, 1.165) is 45.8 Å². The summed E-state index contributed by atoms with van der Waals surface area (Å²) >= 11 is 3.21. The first-order valence-corrected chi connectivity index (χ1v) is 13.7. The Morgan fingerprint density at radius 3 is 2.58 bits per heavy atom. The third-order valence-electron chi connectivity index (χ3n) is 4.83. The average Bonchev–Trinajstić information content (AvgIpc) is 3.03. The predicted molar refractivity (Wildman–Crippen MR) is 126 cm³/mol. The molecule has 0 saturated heterocycles. The summed E-state index contributed by atoms with van der Waals surface area (Å²) in [4.78, 5) is 17.5. The molecular formula is C22H25FN2O3S3. The van der Waals surface area contributed by atoms with E-state index in [1.807, 2.05) is 13.2 Å². The lowest BCUT2D eigenvalue weighted by Gasteiger charge is -2.06. The lowest BCUT2D eigenvalue weighted by atomic mass is 10.1. The van der Waals surface area contributed by atoms with E-state index in [1.54, 1.807) is 11.8 Å². The van der Waals surface area contributed by atoms with Gasteiger partial charge in [0.25, 0.3) is 0 Å². The summed E-state index contributed by atoms with van der Waals surface area (Å²) in [6.45, 7) is 4.85. The molecule has 0 aliphatic rings. The molecule has 0 aliphatic heterocycles. The van der Waals surface area contributed by atoms with Gasteiger partial charge in [0.1, 0.15) is 5.82 Å². The molecule has 0 spiro atoms. The lowest BCUT2D eigenvalue weighted by molar-refractivity contribution is -0.118. The maximum Gasteiger partial charge on any atom is 0.248 e. The van der Waals surface area contributed by atoms with Crippen molar-refractivity contribution < 1.29 is 17.6 Å². The summed E-state index contributed by atoms with van der Waals surface area (Å²) < 4.78 is 40.9. The second-order valence-corrected chi connectivity index (χ2v) is 11.4. The molecule has 0 saturated carbocycles. The van der Waals surface area contributed by atoms with Gasteiger partial charge in [0, 0.05) is 18.7 Å². The minimum absolute atomic E-state index is 0.0369. The zero-order chi connectivity index (χ0) is 22.6. The van der Waals surface area contributed by atoms with Crippen LogP contribution in [0.5, 0.6) is 0 Å². The first kappa shape index (κ1) is 23.7. The molecule has 0 aliphatic carbocycles. The standard InChI is InChI=1S/C22H25FN2O3S3/c1-15-13-16(2)21-19(14-15)25(10-11-29-3)22(30-21)24-20(26)5-4-12-31(27,28)18-8-6-17(23)7-9-18/h6-9,13-14H,4-5,10-12H2,1-3H3. The van der Waals surface area contributed by atoms with Crippen molar-refractivity contribution in [1.29, 1.82) is 0 Å². The van der Waals surface area contributed by atoms with Gasteiger partial charge in [-0.25, -0.2) is 12.8 Å². The molecule has 0 fully saturated rings. The highest BCUT2D eigenvalue weighted by Gasteiger charge is 2.16. The number of aryl methyl sites for hydroxylation is 3. The Hall–Kier alpha value is -1.97. The molecule has 0 N–H and O–H groups in total. The van der Waals surface area contributed by atoms with E-state index >= 15 is 0 Å². The zero-order valence-electron chi connectivity index (χ0n) is 17.7. The number of carbonyl (C=O) groups is 1. The van der Waals surface area contributed by atoms with Gasteiger partial charge in [0.05, 0.1) is 20.9 Å². The summed E-state index contributed by atoms with van der Waals surface area (Å²) in [6.07, 6.45) is 2.24. The number of hydrogen-bond donors (Lipinski definition) is 0. The van der Waals surface area contributed by atoms with Crippen LogP contribution in [0, 0.1) is 19.7 Å². The average molecular weight is 481 g/mol. The van der Waals surface area contributed by atoms with Gasteiger partial charge < -0.3 is 4.57 Å². The highest BCUT2D eigenvalue weighted by Crippen LogP contribution is 2.24. The van der Waals surface area contributed by atoms with Crippen molar-refractivity contribution >= 4 is 49.1 Å². The number of amides is 1. The van der Waals surface area contributed by atoms with Gasteiger partial charge in [-0.1, -0.05) is 17.4 Å². The highest BCUT2D eigenvalue weighted by atomic mass is 32.2. The molecule has 2 aromatic carbocycles. The number of thioether (sulfide) groups is 1. The van der Waals surface area contributed by atoms with Gasteiger partial charge in [-0.3, -0.25) is 4.79 Å². The van der Waals surface area contributed by atoms with Gasteiger partial charge in [-0.05, 0) is 68.0 Å². The van der Waals surface area contributed by atoms with Crippen LogP contribution < -0.4 is 4.80 Å². The van der Waals surface area contributed by atoms with Crippen LogP contribution in [0.2, 0.25) is 0 Å². The van der Waals surface area contributed by atoms with Crippen LogP contribution in [0.4, 0.5) is 4.39 Å². The number of sulfone groups is 1. The molecule has 0 bridgehead atoms. The van der Waals surface area contributed by atoms with Gasteiger partial charge in [-0.15, -0.1) is 0 Å². The third-order valence-corrected chi connectivity index (χ3v) is 8.47. The Kier molecular flexibility index (Phi) is 7.72. The Bertz CT molecular complexity index is 1260. The number of aromatic nitrogens is 1. The Labute approximate surface area is 189 Å². The molecule has 1 amide bonds. The first-order valence-electron chi connectivity index (χ1n) is 9.86. The molecular weight excluding hydrogens is 455 g/mol. The van der Waals surface area contributed by atoms with E-state index in [2.05, 4.69) is 28.6 Å². The maximum atomic E-state index is 13.0. The number of nitrogens with zero attached hydrogens (tertiary/aromatic N) is 2. The number of hydrogen-bond acceptors (Lipinski definition) is 5. The van der Waals surface area contributed by atoms with E-state index in [1.165, 1.54) is 23.5 Å². The largest absolute Gasteiger partial charge is 0.315 e. The van der Waals surface area contributed by atoms with Gasteiger partial charge in [-0.2, -0.15) is 16.8 Å². The number of carbonyl (C=O) groups excluding carboxylic acids is 1. The minimum Gasteiger partial charge on any atom is -0.315 e. The lowest BCUT2D eigenvalue weighted by Crippen LogP contribution is -2.18. The van der Waals surface area contributed by atoms with Gasteiger partial charge in [0.15, 0.2) is 14.6 Å². The molecule has 0 radical (unpaired) electrons. The van der Waals surface area contributed by atoms with Crippen LogP contribution in [0.3, 0.4) is 0 Å². The summed E-state index contributed by atoms with van der Waals surface area (Å²) in [6, 6.07) is 8.94. The van der Waals surface area contributed by atoms with Crippen molar-refractivity contribution in [1.82, 2.24) is 4.57 Å². The molecule has 3 rings (SSSR count). The number of halogens is 1. The summed E-state index contributed by atoms with van der Waals surface area (Å²) in [5.74, 6) is -0.114. The van der Waals surface area contributed by atoms with Crippen molar-refractivity contribution in [2.45, 2.75) is 38.1 Å². The molecule has 0 unspecified atom stereocenters. The van der Waals surface area contributed by atoms with Gasteiger partial charge >= 0.3 is 0 Å². The molecule has 5 nitrogen and oxygen atoms in total.